The zero-order valence-corrected chi connectivity index (χ0v) is 15.9. The van der Waals surface area contributed by atoms with Crippen LogP contribution in [-0.2, 0) is 4.74 Å². The van der Waals surface area contributed by atoms with E-state index in [9.17, 15) is 4.79 Å². The molecule has 8 heteroatoms. The summed E-state index contributed by atoms with van der Waals surface area (Å²) in [7, 11) is 1.65. The molecule has 24 heavy (non-hydrogen) atoms. The summed E-state index contributed by atoms with van der Waals surface area (Å²) in [4.78, 5) is 14.7. The Morgan fingerprint density at radius 2 is 2.08 bits per heavy atom. The summed E-state index contributed by atoms with van der Waals surface area (Å²) in [5.74, 6) is 0.351. The van der Waals surface area contributed by atoms with E-state index in [-0.39, 0.29) is 18.3 Å². The average molecular weight is 360 g/mol. The van der Waals surface area contributed by atoms with E-state index in [1.165, 1.54) is 0 Å². The quantitative estimate of drug-likeness (QED) is 0.801. The lowest BCUT2D eigenvalue weighted by Crippen LogP contribution is -2.37. The van der Waals surface area contributed by atoms with Crippen molar-refractivity contribution in [2.45, 2.75) is 39.7 Å². The fourth-order valence-corrected chi connectivity index (χ4v) is 3.00. The molecule has 0 saturated carbocycles. The van der Waals surface area contributed by atoms with Crippen molar-refractivity contribution in [3.63, 3.8) is 0 Å². The van der Waals surface area contributed by atoms with Gasteiger partial charge < -0.3 is 15.0 Å². The van der Waals surface area contributed by atoms with Crippen LogP contribution in [0.4, 0.5) is 0 Å². The first-order chi connectivity index (χ1) is 11.0. The third-order valence-corrected chi connectivity index (χ3v) is 4.22. The Morgan fingerprint density at radius 3 is 2.67 bits per heavy atom. The van der Waals surface area contributed by atoms with Crippen molar-refractivity contribution in [2.75, 3.05) is 39.9 Å². The van der Waals surface area contributed by atoms with Crippen molar-refractivity contribution in [1.29, 1.82) is 0 Å². The van der Waals surface area contributed by atoms with Crippen LogP contribution in [0.3, 0.4) is 0 Å². The summed E-state index contributed by atoms with van der Waals surface area (Å²) < 4.78 is 7.06. The molecule has 1 aromatic heterocycles. The van der Waals surface area contributed by atoms with E-state index in [4.69, 9.17) is 4.74 Å². The zero-order chi connectivity index (χ0) is 16.8. The molecule has 0 unspecified atom stereocenters. The van der Waals surface area contributed by atoms with Gasteiger partial charge in [0.2, 0.25) is 0 Å². The van der Waals surface area contributed by atoms with Crippen LogP contribution in [0.1, 0.15) is 48.9 Å². The minimum absolute atomic E-state index is 0. The van der Waals surface area contributed by atoms with Crippen LogP contribution in [0.5, 0.6) is 0 Å². The normalized spacial score (nSPS) is 15.4. The largest absolute Gasteiger partial charge is 0.383 e. The molecule has 0 bridgehead atoms. The molecule has 1 fully saturated rings. The molecular formula is C16H30ClN5O2. The third kappa shape index (κ3) is 5.16. The first-order valence-electron chi connectivity index (χ1n) is 8.45. The standard InChI is InChI=1S/C16H29N5O2.ClH/c1-12(2)11-20(9-10-23-4)16(22)15-13(3)21(19-18-15)14-5-7-17-8-6-14;/h12,14,17H,5-11H2,1-4H3;1H. The van der Waals surface area contributed by atoms with Gasteiger partial charge in [0.05, 0.1) is 18.3 Å². The van der Waals surface area contributed by atoms with Crippen molar-refractivity contribution in [3.8, 4) is 0 Å². The number of ether oxygens (including phenoxy) is 1. The molecule has 0 aliphatic carbocycles. The van der Waals surface area contributed by atoms with Gasteiger partial charge in [-0.2, -0.15) is 0 Å². The topological polar surface area (TPSA) is 72.3 Å². The summed E-state index contributed by atoms with van der Waals surface area (Å²) in [6, 6.07) is 0.336. The predicted molar refractivity (Wildman–Crippen MR) is 95.8 cm³/mol. The SMILES string of the molecule is COCCN(CC(C)C)C(=O)c1nnn(C2CCNCC2)c1C.Cl. The molecule has 0 radical (unpaired) electrons. The molecule has 1 amide bonds. The monoisotopic (exact) mass is 359 g/mol. The number of carbonyl (C=O) groups is 1. The van der Waals surface area contributed by atoms with Gasteiger partial charge in [-0.1, -0.05) is 19.1 Å². The van der Waals surface area contributed by atoms with Crippen molar-refractivity contribution in [2.24, 2.45) is 5.92 Å². The molecule has 7 nitrogen and oxygen atoms in total. The van der Waals surface area contributed by atoms with E-state index in [2.05, 4.69) is 29.5 Å². The summed E-state index contributed by atoms with van der Waals surface area (Å²) in [5, 5.41) is 11.8. The molecule has 0 spiro atoms. The van der Waals surface area contributed by atoms with Gasteiger partial charge in [-0.25, -0.2) is 4.68 Å². The molecule has 0 atom stereocenters. The molecule has 0 aromatic carbocycles. The van der Waals surface area contributed by atoms with Gasteiger partial charge in [-0.15, -0.1) is 17.5 Å². The molecular weight excluding hydrogens is 330 g/mol. The molecule has 1 N–H and O–H groups in total. The fraction of sp³-hybridized carbons (Fsp3) is 0.812. The predicted octanol–water partition coefficient (Wildman–Crippen LogP) is 1.68. The maximum Gasteiger partial charge on any atom is 0.276 e. The van der Waals surface area contributed by atoms with Gasteiger partial charge in [-0.3, -0.25) is 4.79 Å². The Hall–Kier alpha value is -1.18. The van der Waals surface area contributed by atoms with E-state index in [1.807, 2.05) is 16.5 Å². The highest BCUT2D eigenvalue weighted by Crippen LogP contribution is 2.21. The van der Waals surface area contributed by atoms with Crippen LogP contribution in [0, 0.1) is 12.8 Å². The first kappa shape index (κ1) is 20.9. The smallest absolute Gasteiger partial charge is 0.276 e. The minimum Gasteiger partial charge on any atom is -0.383 e. The second-order valence-electron chi connectivity index (χ2n) is 6.59. The molecule has 1 aliphatic heterocycles. The zero-order valence-electron chi connectivity index (χ0n) is 15.1. The maximum atomic E-state index is 12.8. The molecule has 2 heterocycles. The van der Waals surface area contributed by atoms with E-state index in [1.54, 1.807) is 7.11 Å². The summed E-state index contributed by atoms with van der Waals surface area (Å²) in [5.41, 5.74) is 1.34. The minimum atomic E-state index is -0.0477. The Bertz CT molecular complexity index is 515. The molecule has 1 aliphatic rings. The van der Waals surface area contributed by atoms with Gasteiger partial charge in [0, 0.05) is 20.2 Å². The number of piperidine rings is 1. The highest BCUT2D eigenvalue weighted by atomic mass is 35.5. The second-order valence-corrected chi connectivity index (χ2v) is 6.59. The van der Waals surface area contributed by atoms with Gasteiger partial charge in [0.15, 0.2) is 5.69 Å². The number of halogens is 1. The first-order valence-corrected chi connectivity index (χ1v) is 8.45. The second kappa shape index (κ2) is 9.96. The Balaban J connectivity index is 0.00000288. The number of rotatable bonds is 7. The van der Waals surface area contributed by atoms with Crippen LogP contribution in [0.15, 0.2) is 0 Å². The summed E-state index contributed by atoms with van der Waals surface area (Å²) in [6.07, 6.45) is 2.05. The van der Waals surface area contributed by atoms with E-state index < -0.39 is 0 Å². The number of nitrogens with zero attached hydrogens (tertiary/aromatic N) is 4. The highest BCUT2D eigenvalue weighted by Gasteiger charge is 2.26. The average Bonchev–Trinajstić information content (AvgIpc) is 2.93. The Morgan fingerprint density at radius 1 is 1.42 bits per heavy atom. The van der Waals surface area contributed by atoms with E-state index in [0.717, 1.165) is 31.6 Å². The molecule has 2 rings (SSSR count). The molecule has 1 aromatic rings. The lowest BCUT2D eigenvalue weighted by molar-refractivity contribution is 0.0665. The van der Waals surface area contributed by atoms with Gasteiger partial charge in [0.1, 0.15) is 0 Å². The number of hydrogen-bond donors (Lipinski definition) is 1. The highest BCUT2D eigenvalue weighted by molar-refractivity contribution is 5.93. The molecule has 138 valence electrons. The van der Waals surface area contributed by atoms with Crippen molar-refractivity contribution >= 4 is 18.3 Å². The maximum absolute atomic E-state index is 12.8. The number of hydrogen-bond acceptors (Lipinski definition) is 5. The van der Waals surface area contributed by atoms with Crippen molar-refractivity contribution in [3.05, 3.63) is 11.4 Å². The number of aromatic nitrogens is 3. The number of nitrogens with one attached hydrogen (secondary N) is 1. The Kier molecular flexibility index (Phi) is 8.66. The van der Waals surface area contributed by atoms with Crippen LogP contribution in [0.2, 0.25) is 0 Å². The lowest BCUT2D eigenvalue weighted by atomic mass is 10.1. The van der Waals surface area contributed by atoms with E-state index in [0.29, 0.717) is 37.4 Å². The van der Waals surface area contributed by atoms with Crippen LogP contribution >= 0.6 is 12.4 Å². The van der Waals surface area contributed by atoms with E-state index >= 15 is 0 Å². The van der Waals surface area contributed by atoms with Gasteiger partial charge in [0.25, 0.3) is 5.91 Å². The van der Waals surface area contributed by atoms with Crippen LogP contribution in [-0.4, -0.2) is 65.7 Å². The van der Waals surface area contributed by atoms with Gasteiger partial charge in [-0.05, 0) is 38.8 Å². The number of methoxy groups -OCH3 is 1. The lowest BCUT2D eigenvalue weighted by Gasteiger charge is -2.25. The van der Waals surface area contributed by atoms with Gasteiger partial charge >= 0.3 is 0 Å². The number of amides is 1. The molecule has 1 saturated heterocycles. The van der Waals surface area contributed by atoms with Crippen LogP contribution < -0.4 is 5.32 Å². The third-order valence-electron chi connectivity index (χ3n) is 4.22. The fourth-order valence-electron chi connectivity index (χ4n) is 3.00. The van der Waals surface area contributed by atoms with Crippen LogP contribution in [0.25, 0.3) is 0 Å². The summed E-state index contributed by atoms with van der Waals surface area (Å²) >= 11 is 0. The number of carbonyl (C=O) groups excluding carboxylic acids is 1. The Labute approximate surface area is 150 Å². The van der Waals surface area contributed by atoms with Crippen molar-refractivity contribution in [1.82, 2.24) is 25.2 Å². The van der Waals surface area contributed by atoms with Crippen molar-refractivity contribution < 1.29 is 9.53 Å². The summed E-state index contributed by atoms with van der Waals surface area (Å²) in [6.45, 7) is 9.92.